The minimum atomic E-state index is -0.0887. The van der Waals surface area contributed by atoms with Crippen LogP contribution >= 0.6 is 0 Å². The van der Waals surface area contributed by atoms with Crippen LogP contribution in [-0.2, 0) is 10.8 Å². The van der Waals surface area contributed by atoms with Crippen LogP contribution in [0.1, 0.15) is 57.7 Å². The minimum absolute atomic E-state index is 0.0887. The zero-order valence-electron chi connectivity index (χ0n) is 18.6. The molecule has 0 fully saturated rings. The first-order valence-electron chi connectivity index (χ1n) is 11.0. The van der Waals surface area contributed by atoms with E-state index in [0.29, 0.717) is 0 Å². The molecule has 30 heavy (non-hydrogen) atoms. The van der Waals surface area contributed by atoms with Gasteiger partial charge in [0.15, 0.2) is 0 Å². The van der Waals surface area contributed by atoms with E-state index in [1.165, 1.54) is 44.2 Å². The molecule has 3 aromatic carbocycles. The SMILES string of the molecule is CCC(C)(C)c1cccc(-c2nccc3c2C(C)(C)c2ccc4ccccc4c2-3)c1. The van der Waals surface area contributed by atoms with Crippen molar-refractivity contribution in [2.24, 2.45) is 0 Å². The molecule has 1 aromatic heterocycles. The van der Waals surface area contributed by atoms with Gasteiger partial charge in [-0.05, 0) is 62.6 Å². The number of hydrogen-bond acceptors (Lipinski definition) is 1. The van der Waals surface area contributed by atoms with Crippen LogP contribution in [-0.4, -0.2) is 4.98 Å². The molecule has 4 aromatic rings. The van der Waals surface area contributed by atoms with Crippen LogP contribution < -0.4 is 0 Å². The lowest BCUT2D eigenvalue weighted by atomic mass is 9.78. The van der Waals surface area contributed by atoms with Gasteiger partial charge in [0.2, 0.25) is 0 Å². The minimum Gasteiger partial charge on any atom is -0.256 e. The monoisotopic (exact) mass is 391 g/mol. The standard InChI is InChI=1S/C29H29N/c1-6-28(2,3)21-12-9-11-20(18-21)27-26-23(16-17-30-27)25-22-13-8-7-10-19(22)14-15-24(25)29(26,4)5/h7-18H,6H2,1-5H3. The Morgan fingerprint density at radius 2 is 1.70 bits per heavy atom. The van der Waals surface area contributed by atoms with E-state index in [-0.39, 0.29) is 10.8 Å². The molecule has 0 spiro atoms. The summed E-state index contributed by atoms with van der Waals surface area (Å²) in [5, 5.41) is 2.63. The molecule has 0 amide bonds. The first-order chi connectivity index (χ1) is 14.3. The third kappa shape index (κ3) is 2.65. The average Bonchev–Trinajstić information content (AvgIpc) is 3.01. The zero-order chi connectivity index (χ0) is 21.1. The van der Waals surface area contributed by atoms with Gasteiger partial charge in [-0.3, -0.25) is 4.98 Å². The molecule has 0 aliphatic heterocycles. The van der Waals surface area contributed by atoms with Crippen molar-refractivity contribution in [1.29, 1.82) is 0 Å². The summed E-state index contributed by atoms with van der Waals surface area (Å²) in [6.07, 6.45) is 3.10. The van der Waals surface area contributed by atoms with Crippen LogP contribution in [0.5, 0.6) is 0 Å². The third-order valence-electron chi connectivity index (χ3n) is 7.25. The number of pyridine rings is 1. The number of fused-ring (bicyclic) bond motifs is 5. The summed E-state index contributed by atoms with van der Waals surface area (Å²) < 4.78 is 0. The number of benzene rings is 3. The highest BCUT2D eigenvalue weighted by Crippen LogP contribution is 2.53. The molecule has 0 atom stereocenters. The van der Waals surface area contributed by atoms with Gasteiger partial charge in [0.25, 0.3) is 0 Å². The van der Waals surface area contributed by atoms with Crippen molar-refractivity contribution in [2.45, 2.75) is 51.9 Å². The number of rotatable bonds is 3. The van der Waals surface area contributed by atoms with E-state index in [1.54, 1.807) is 0 Å². The second-order valence-corrected chi connectivity index (χ2v) is 9.73. The molecule has 0 N–H and O–H groups in total. The Morgan fingerprint density at radius 1 is 0.900 bits per heavy atom. The van der Waals surface area contributed by atoms with Crippen molar-refractivity contribution in [3.05, 3.63) is 89.6 Å². The highest BCUT2D eigenvalue weighted by molar-refractivity contribution is 6.03. The molecule has 0 saturated heterocycles. The first-order valence-corrected chi connectivity index (χ1v) is 11.0. The van der Waals surface area contributed by atoms with E-state index >= 15 is 0 Å². The molecule has 0 radical (unpaired) electrons. The van der Waals surface area contributed by atoms with Gasteiger partial charge in [0.1, 0.15) is 0 Å². The van der Waals surface area contributed by atoms with Crippen molar-refractivity contribution in [1.82, 2.24) is 4.98 Å². The summed E-state index contributed by atoms with van der Waals surface area (Å²) in [5.74, 6) is 0. The number of nitrogens with zero attached hydrogens (tertiary/aromatic N) is 1. The summed E-state index contributed by atoms with van der Waals surface area (Å²) in [6, 6.07) is 24.5. The smallest absolute Gasteiger partial charge is 0.0749 e. The maximum atomic E-state index is 4.93. The van der Waals surface area contributed by atoms with E-state index in [2.05, 4.69) is 101 Å². The van der Waals surface area contributed by atoms with Crippen molar-refractivity contribution < 1.29 is 0 Å². The highest BCUT2D eigenvalue weighted by Gasteiger charge is 2.39. The van der Waals surface area contributed by atoms with Crippen LogP contribution in [0.15, 0.2) is 72.9 Å². The van der Waals surface area contributed by atoms with Crippen LogP contribution in [0.25, 0.3) is 33.2 Å². The van der Waals surface area contributed by atoms with Gasteiger partial charge >= 0.3 is 0 Å². The van der Waals surface area contributed by atoms with Gasteiger partial charge < -0.3 is 0 Å². The van der Waals surface area contributed by atoms with E-state index < -0.39 is 0 Å². The summed E-state index contributed by atoms with van der Waals surface area (Å²) in [6.45, 7) is 11.6. The molecule has 0 bridgehead atoms. The van der Waals surface area contributed by atoms with Crippen LogP contribution in [0.2, 0.25) is 0 Å². The second kappa shape index (κ2) is 6.54. The third-order valence-corrected chi connectivity index (χ3v) is 7.25. The molecule has 1 aliphatic rings. The largest absolute Gasteiger partial charge is 0.256 e. The van der Waals surface area contributed by atoms with Crippen LogP contribution in [0.4, 0.5) is 0 Å². The number of hydrogen-bond donors (Lipinski definition) is 0. The fraction of sp³-hybridized carbons (Fsp3) is 0.276. The molecule has 5 rings (SSSR count). The van der Waals surface area contributed by atoms with Crippen LogP contribution in [0.3, 0.4) is 0 Å². The molecular formula is C29H29N. The van der Waals surface area contributed by atoms with Crippen molar-refractivity contribution in [3.63, 3.8) is 0 Å². The Hall–Kier alpha value is -2.93. The normalized spacial score (nSPS) is 14.6. The first kappa shape index (κ1) is 19.1. The van der Waals surface area contributed by atoms with Gasteiger partial charge in [-0.1, -0.05) is 89.2 Å². The summed E-state index contributed by atoms with van der Waals surface area (Å²) in [4.78, 5) is 4.93. The van der Waals surface area contributed by atoms with E-state index in [9.17, 15) is 0 Å². The molecule has 1 aliphatic carbocycles. The summed E-state index contributed by atoms with van der Waals surface area (Å²) >= 11 is 0. The van der Waals surface area contributed by atoms with Crippen molar-refractivity contribution in [3.8, 4) is 22.4 Å². The predicted octanol–water partition coefficient (Wildman–Crippen LogP) is 7.90. The van der Waals surface area contributed by atoms with E-state index in [0.717, 1.165) is 12.1 Å². The zero-order valence-corrected chi connectivity index (χ0v) is 18.6. The van der Waals surface area contributed by atoms with Crippen LogP contribution in [0, 0.1) is 0 Å². The maximum absolute atomic E-state index is 4.93. The summed E-state index contributed by atoms with van der Waals surface area (Å²) in [5.41, 5.74) is 9.23. The Balaban J connectivity index is 1.79. The Kier molecular flexibility index (Phi) is 4.15. The highest BCUT2D eigenvalue weighted by atomic mass is 14.7. The van der Waals surface area contributed by atoms with Crippen molar-refractivity contribution >= 4 is 10.8 Å². The molecule has 1 heteroatoms. The molecule has 1 heterocycles. The lowest BCUT2D eigenvalue weighted by Gasteiger charge is -2.26. The van der Waals surface area contributed by atoms with Gasteiger partial charge in [0, 0.05) is 17.2 Å². The second-order valence-electron chi connectivity index (χ2n) is 9.73. The molecular weight excluding hydrogens is 362 g/mol. The average molecular weight is 392 g/mol. The van der Waals surface area contributed by atoms with Gasteiger partial charge in [0.05, 0.1) is 5.69 Å². The fourth-order valence-corrected chi connectivity index (χ4v) is 5.03. The number of aromatic nitrogens is 1. The van der Waals surface area contributed by atoms with E-state index in [1.807, 2.05) is 6.20 Å². The molecule has 0 saturated carbocycles. The van der Waals surface area contributed by atoms with Gasteiger partial charge in [-0.15, -0.1) is 0 Å². The predicted molar refractivity (Wildman–Crippen MR) is 128 cm³/mol. The summed E-state index contributed by atoms with van der Waals surface area (Å²) in [7, 11) is 0. The Morgan fingerprint density at radius 3 is 2.50 bits per heavy atom. The molecule has 1 nitrogen and oxygen atoms in total. The van der Waals surface area contributed by atoms with Gasteiger partial charge in [-0.25, -0.2) is 0 Å². The topological polar surface area (TPSA) is 12.9 Å². The lowest BCUT2D eigenvalue weighted by molar-refractivity contribution is 0.506. The maximum Gasteiger partial charge on any atom is 0.0749 e. The quantitative estimate of drug-likeness (QED) is 0.346. The Bertz CT molecular complexity index is 1280. The van der Waals surface area contributed by atoms with E-state index in [4.69, 9.17) is 4.98 Å². The van der Waals surface area contributed by atoms with Crippen molar-refractivity contribution in [2.75, 3.05) is 0 Å². The molecule has 0 unspecified atom stereocenters. The van der Waals surface area contributed by atoms with Gasteiger partial charge in [-0.2, -0.15) is 0 Å². The lowest BCUT2D eigenvalue weighted by Crippen LogP contribution is -2.17. The Labute approximate surface area is 179 Å². The fourth-order valence-electron chi connectivity index (χ4n) is 5.03. The molecule has 150 valence electrons.